The van der Waals surface area contributed by atoms with Gasteiger partial charge in [-0.25, -0.2) is 4.98 Å². The molecule has 1 amide bonds. The molecular weight excluding hydrogens is 313 g/mol. The number of carbonyl (C=O) groups is 1. The fourth-order valence-corrected chi connectivity index (χ4v) is 1.80. The van der Waals surface area contributed by atoms with Crippen molar-refractivity contribution in [2.75, 3.05) is 0 Å². The summed E-state index contributed by atoms with van der Waals surface area (Å²) in [5.74, 6) is -0.548. The zero-order valence-corrected chi connectivity index (χ0v) is 12.3. The average molecular weight is 326 g/mol. The Kier molecular flexibility index (Phi) is 4.48. The van der Waals surface area contributed by atoms with Crippen molar-refractivity contribution < 1.29 is 18.0 Å². The van der Waals surface area contributed by atoms with Crippen LogP contribution in [0, 0.1) is 0 Å². The van der Waals surface area contributed by atoms with Gasteiger partial charge in [0.1, 0.15) is 11.4 Å². The van der Waals surface area contributed by atoms with Gasteiger partial charge in [0.2, 0.25) is 0 Å². The van der Waals surface area contributed by atoms with Crippen LogP contribution >= 0.6 is 0 Å². The number of alkyl halides is 3. The summed E-state index contributed by atoms with van der Waals surface area (Å²) in [6.45, 7) is 1.60. The maximum Gasteiger partial charge on any atom is 0.433 e. The van der Waals surface area contributed by atoms with Gasteiger partial charge in [-0.2, -0.15) is 13.2 Å². The second-order valence-corrected chi connectivity index (χ2v) is 4.89. The first-order chi connectivity index (χ1) is 10.7. The molecule has 2 aromatic heterocycles. The van der Waals surface area contributed by atoms with E-state index in [1.165, 1.54) is 23.9 Å². The van der Waals surface area contributed by atoms with E-state index in [1.807, 2.05) is 0 Å². The van der Waals surface area contributed by atoms with E-state index < -0.39 is 23.8 Å². The van der Waals surface area contributed by atoms with E-state index in [9.17, 15) is 22.8 Å². The molecule has 2 rings (SSSR count). The van der Waals surface area contributed by atoms with Crippen molar-refractivity contribution in [3.05, 3.63) is 58.0 Å². The maximum atomic E-state index is 12.5. The molecule has 0 aliphatic carbocycles. The third-order valence-electron chi connectivity index (χ3n) is 3.13. The van der Waals surface area contributed by atoms with Gasteiger partial charge in [-0.05, 0) is 18.6 Å². The van der Waals surface area contributed by atoms with E-state index in [0.29, 0.717) is 5.56 Å². The Morgan fingerprint density at radius 2 is 1.96 bits per heavy atom. The van der Waals surface area contributed by atoms with Gasteiger partial charge in [-0.1, -0.05) is 6.07 Å². The molecule has 0 saturated heterocycles. The molecule has 0 unspecified atom stereocenters. The van der Waals surface area contributed by atoms with Crippen LogP contribution in [-0.2, 0) is 13.2 Å². The molecule has 23 heavy (non-hydrogen) atoms. The quantitative estimate of drug-likeness (QED) is 0.931. The SMILES string of the molecule is C[C@H](NC(=O)c1cn(C)c(=O)cn1)c1ccc(C(F)(F)F)nc1. The van der Waals surface area contributed by atoms with Crippen molar-refractivity contribution in [2.24, 2.45) is 7.05 Å². The lowest BCUT2D eigenvalue weighted by Gasteiger charge is -2.14. The van der Waals surface area contributed by atoms with Crippen LogP contribution in [0.3, 0.4) is 0 Å². The van der Waals surface area contributed by atoms with Crippen molar-refractivity contribution in [1.82, 2.24) is 19.9 Å². The van der Waals surface area contributed by atoms with Gasteiger partial charge in [-0.3, -0.25) is 14.6 Å². The monoisotopic (exact) mass is 326 g/mol. The third kappa shape index (κ3) is 3.93. The molecule has 6 nitrogen and oxygen atoms in total. The zero-order valence-electron chi connectivity index (χ0n) is 12.3. The molecule has 0 fully saturated rings. The summed E-state index contributed by atoms with van der Waals surface area (Å²) >= 11 is 0. The number of carbonyl (C=O) groups excluding carboxylic acids is 1. The van der Waals surface area contributed by atoms with Crippen LogP contribution in [0.4, 0.5) is 13.2 Å². The lowest BCUT2D eigenvalue weighted by Crippen LogP contribution is -2.29. The standard InChI is InChI=1S/C14H13F3N4O2/c1-8(9-3-4-11(19-5-9)14(15,16)17)20-13(23)10-7-21(2)12(22)6-18-10/h3-8H,1-2H3,(H,20,23)/t8-/m0/s1. The Bertz CT molecular complexity index is 769. The summed E-state index contributed by atoms with van der Waals surface area (Å²) in [6.07, 6.45) is -1.17. The number of nitrogens with zero attached hydrogens (tertiary/aromatic N) is 3. The fraction of sp³-hybridized carbons (Fsp3) is 0.286. The molecule has 0 radical (unpaired) electrons. The Hall–Kier alpha value is -2.71. The van der Waals surface area contributed by atoms with E-state index in [-0.39, 0.29) is 11.3 Å². The highest BCUT2D eigenvalue weighted by Gasteiger charge is 2.32. The second-order valence-electron chi connectivity index (χ2n) is 4.89. The number of halogens is 3. The Morgan fingerprint density at radius 1 is 1.26 bits per heavy atom. The molecule has 1 atom stereocenters. The first kappa shape index (κ1) is 16.7. The van der Waals surface area contributed by atoms with Gasteiger partial charge in [0.25, 0.3) is 11.5 Å². The number of nitrogens with one attached hydrogen (secondary N) is 1. The minimum atomic E-state index is -4.51. The van der Waals surface area contributed by atoms with Crippen LogP contribution in [0.25, 0.3) is 0 Å². The highest BCUT2D eigenvalue weighted by Crippen LogP contribution is 2.27. The van der Waals surface area contributed by atoms with Crippen molar-refractivity contribution in [1.29, 1.82) is 0 Å². The number of rotatable bonds is 3. The normalized spacial score (nSPS) is 12.7. The number of aromatic nitrogens is 3. The largest absolute Gasteiger partial charge is 0.433 e. The summed E-state index contributed by atoms with van der Waals surface area (Å²) < 4.78 is 38.6. The van der Waals surface area contributed by atoms with Crippen molar-refractivity contribution in [3.63, 3.8) is 0 Å². The van der Waals surface area contributed by atoms with Crippen LogP contribution in [0.1, 0.15) is 34.7 Å². The summed E-state index contributed by atoms with van der Waals surface area (Å²) in [7, 11) is 1.48. The van der Waals surface area contributed by atoms with Crippen LogP contribution in [0.5, 0.6) is 0 Å². The van der Waals surface area contributed by atoms with Gasteiger partial charge < -0.3 is 9.88 Å². The average Bonchev–Trinajstić information content (AvgIpc) is 2.49. The molecule has 1 N–H and O–H groups in total. The van der Waals surface area contributed by atoms with E-state index >= 15 is 0 Å². The van der Waals surface area contributed by atoms with Crippen LogP contribution < -0.4 is 10.9 Å². The topological polar surface area (TPSA) is 76.9 Å². The summed E-state index contributed by atoms with van der Waals surface area (Å²) in [5.41, 5.74) is -0.920. The Balaban J connectivity index is 2.11. The van der Waals surface area contributed by atoms with Gasteiger partial charge >= 0.3 is 6.18 Å². The highest BCUT2D eigenvalue weighted by atomic mass is 19.4. The number of aryl methyl sites for hydroxylation is 1. The molecule has 0 spiro atoms. The molecule has 122 valence electrons. The minimum absolute atomic E-state index is 0.0267. The van der Waals surface area contributed by atoms with E-state index in [4.69, 9.17) is 0 Å². The molecule has 2 aromatic rings. The van der Waals surface area contributed by atoms with Crippen molar-refractivity contribution in [3.8, 4) is 0 Å². The van der Waals surface area contributed by atoms with Crippen LogP contribution in [-0.4, -0.2) is 20.4 Å². The van der Waals surface area contributed by atoms with Gasteiger partial charge in [0.05, 0.1) is 12.2 Å². The van der Waals surface area contributed by atoms with Gasteiger partial charge in [0.15, 0.2) is 0 Å². The summed E-state index contributed by atoms with van der Waals surface area (Å²) in [6, 6.07) is 1.52. The number of pyridine rings is 1. The number of hydrogen-bond acceptors (Lipinski definition) is 4. The highest BCUT2D eigenvalue weighted by molar-refractivity contribution is 5.92. The lowest BCUT2D eigenvalue weighted by atomic mass is 10.1. The smallest absolute Gasteiger partial charge is 0.344 e. The fourth-order valence-electron chi connectivity index (χ4n) is 1.80. The maximum absolute atomic E-state index is 12.5. The van der Waals surface area contributed by atoms with Crippen LogP contribution in [0.15, 0.2) is 35.5 Å². The first-order valence-corrected chi connectivity index (χ1v) is 6.55. The number of hydrogen-bond donors (Lipinski definition) is 1. The predicted molar refractivity (Wildman–Crippen MR) is 74.6 cm³/mol. The second kappa shape index (κ2) is 6.19. The van der Waals surface area contributed by atoms with Gasteiger partial charge in [0, 0.05) is 19.4 Å². The van der Waals surface area contributed by atoms with Crippen molar-refractivity contribution in [2.45, 2.75) is 19.1 Å². The molecule has 0 aliphatic rings. The molecule has 9 heteroatoms. The Morgan fingerprint density at radius 3 is 2.48 bits per heavy atom. The zero-order chi connectivity index (χ0) is 17.2. The number of amides is 1. The molecule has 0 bridgehead atoms. The van der Waals surface area contributed by atoms with Crippen molar-refractivity contribution >= 4 is 5.91 Å². The summed E-state index contributed by atoms with van der Waals surface area (Å²) in [5, 5.41) is 2.58. The molecule has 0 aromatic carbocycles. The third-order valence-corrected chi connectivity index (χ3v) is 3.13. The molecular formula is C14H13F3N4O2. The molecule has 2 heterocycles. The first-order valence-electron chi connectivity index (χ1n) is 6.55. The lowest BCUT2D eigenvalue weighted by molar-refractivity contribution is -0.141. The molecule has 0 aliphatic heterocycles. The Labute approximate surface area is 129 Å². The predicted octanol–water partition coefficient (Wildman–Crippen LogP) is 1.69. The van der Waals surface area contributed by atoms with E-state index in [0.717, 1.165) is 18.5 Å². The van der Waals surface area contributed by atoms with E-state index in [1.54, 1.807) is 6.92 Å². The van der Waals surface area contributed by atoms with Crippen LogP contribution in [0.2, 0.25) is 0 Å². The van der Waals surface area contributed by atoms with E-state index in [2.05, 4.69) is 15.3 Å². The summed E-state index contributed by atoms with van der Waals surface area (Å²) in [4.78, 5) is 30.3. The minimum Gasteiger partial charge on any atom is -0.344 e. The molecule has 0 saturated carbocycles. The van der Waals surface area contributed by atoms with Gasteiger partial charge in [-0.15, -0.1) is 0 Å².